The van der Waals surface area contributed by atoms with E-state index >= 15 is 0 Å². The van der Waals surface area contributed by atoms with Gasteiger partial charge in [-0.1, -0.05) is 18.2 Å². The first-order valence-electron chi connectivity index (χ1n) is 9.81. The number of rotatable bonds is 4. The first-order valence-corrected chi connectivity index (χ1v) is 9.81. The van der Waals surface area contributed by atoms with Gasteiger partial charge in [0.25, 0.3) is 5.56 Å². The molecule has 8 heteroatoms. The van der Waals surface area contributed by atoms with Crippen LogP contribution < -0.4 is 15.6 Å². The maximum absolute atomic E-state index is 12.9. The zero-order chi connectivity index (χ0) is 21.7. The molecule has 8 nitrogen and oxygen atoms in total. The van der Waals surface area contributed by atoms with E-state index in [0.29, 0.717) is 28.4 Å². The van der Waals surface area contributed by atoms with Gasteiger partial charge in [-0.2, -0.15) is 0 Å². The van der Waals surface area contributed by atoms with Crippen LogP contribution in [0.3, 0.4) is 0 Å². The highest BCUT2D eigenvalue weighted by Crippen LogP contribution is 2.36. The van der Waals surface area contributed by atoms with Crippen LogP contribution in [0.25, 0.3) is 27.6 Å². The van der Waals surface area contributed by atoms with Crippen molar-refractivity contribution >= 4 is 39.2 Å². The van der Waals surface area contributed by atoms with E-state index in [9.17, 15) is 9.59 Å². The molecule has 2 N–H and O–H groups in total. The molecule has 0 atom stereocenters. The van der Waals surface area contributed by atoms with Crippen LogP contribution in [-0.4, -0.2) is 27.6 Å². The van der Waals surface area contributed by atoms with Gasteiger partial charge in [-0.3, -0.25) is 14.7 Å². The number of aromatic amines is 1. The molecular weight excluding hydrogens is 396 g/mol. The Hall–Kier alpha value is -4.07. The molecule has 0 aliphatic heterocycles. The first kappa shape index (κ1) is 18.9. The van der Waals surface area contributed by atoms with E-state index in [-0.39, 0.29) is 17.9 Å². The summed E-state index contributed by atoms with van der Waals surface area (Å²) in [6, 6.07) is 12.8. The molecular formula is C23H20N4O4. The number of methoxy groups -OCH3 is 1. The van der Waals surface area contributed by atoms with Gasteiger partial charge in [0.2, 0.25) is 5.91 Å². The number of ether oxygens (including phenoxy) is 1. The summed E-state index contributed by atoms with van der Waals surface area (Å²) in [5.74, 6) is 0.319. The lowest BCUT2D eigenvalue weighted by Crippen LogP contribution is -2.18. The fourth-order valence-electron chi connectivity index (χ4n) is 3.98. The van der Waals surface area contributed by atoms with E-state index in [1.54, 1.807) is 17.7 Å². The van der Waals surface area contributed by atoms with Gasteiger partial charge < -0.3 is 14.5 Å². The van der Waals surface area contributed by atoms with E-state index in [2.05, 4.69) is 15.4 Å². The molecule has 1 amide bonds. The summed E-state index contributed by atoms with van der Waals surface area (Å²) in [6.07, 6.45) is 0.0993. The number of hydrogen-bond donors (Lipinski definition) is 2. The number of benzene rings is 2. The van der Waals surface area contributed by atoms with E-state index in [4.69, 9.17) is 9.15 Å². The van der Waals surface area contributed by atoms with Gasteiger partial charge in [-0.15, -0.1) is 0 Å². The molecule has 5 rings (SSSR count). The fraction of sp³-hybridized carbons (Fsp3) is 0.174. The summed E-state index contributed by atoms with van der Waals surface area (Å²) in [7, 11) is 1.56. The Labute approximate surface area is 176 Å². The Morgan fingerprint density at radius 1 is 1.16 bits per heavy atom. The van der Waals surface area contributed by atoms with E-state index in [0.717, 1.165) is 27.6 Å². The monoisotopic (exact) mass is 416 g/mol. The minimum absolute atomic E-state index is 0.0993. The molecule has 0 saturated carbocycles. The molecule has 31 heavy (non-hydrogen) atoms. The van der Waals surface area contributed by atoms with Crippen molar-refractivity contribution in [2.45, 2.75) is 20.3 Å². The lowest BCUT2D eigenvalue weighted by Gasteiger charge is -2.13. The van der Waals surface area contributed by atoms with Gasteiger partial charge in [0.1, 0.15) is 16.9 Å². The third-order valence-electron chi connectivity index (χ3n) is 5.51. The summed E-state index contributed by atoms with van der Waals surface area (Å²) in [5, 5.41) is 7.53. The maximum Gasteiger partial charge on any atom is 0.266 e. The molecule has 0 unspecified atom stereocenters. The van der Waals surface area contributed by atoms with Crippen LogP contribution in [0, 0.1) is 13.8 Å². The van der Waals surface area contributed by atoms with E-state index in [1.807, 2.05) is 44.2 Å². The third-order valence-corrected chi connectivity index (χ3v) is 5.51. The van der Waals surface area contributed by atoms with Crippen molar-refractivity contribution in [3.05, 3.63) is 69.8 Å². The van der Waals surface area contributed by atoms with Gasteiger partial charge in [-0.05, 0) is 26.0 Å². The maximum atomic E-state index is 12.9. The minimum atomic E-state index is -0.236. The lowest BCUT2D eigenvalue weighted by molar-refractivity contribution is -0.115. The van der Waals surface area contributed by atoms with Crippen molar-refractivity contribution in [2.75, 3.05) is 12.4 Å². The number of carbonyl (C=O) groups is 1. The zero-order valence-corrected chi connectivity index (χ0v) is 17.3. The second-order valence-corrected chi connectivity index (χ2v) is 7.45. The normalized spacial score (nSPS) is 11.5. The number of nitrogens with zero attached hydrogens (tertiary/aromatic N) is 2. The second-order valence-electron chi connectivity index (χ2n) is 7.45. The number of furan rings is 1. The number of hydrogen-bond acceptors (Lipinski definition) is 5. The summed E-state index contributed by atoms with van der Waals surface area (Å²) in [4.78, 5) is 29.0. The summed E-state index contributed by atoms with van der Waals surface area (Å²) >= 11 is 0. The van der Waals surface area contributed by atoms with Crippen LogP contribution in [0.5, 0.6) is 5.75 Å². The fourth-order valence-corrected chi connectivity index (χ4v) is 3.98. The molecule has 0 fully saturated rings. The molecule has 3 aromatic heterocycles. The standard InChI is InChI=1S/C23H20N4O4/c1-12-15(13(2)27-21(24-12)11-23(29)26-27)9-22(28)25-17-10-19-16(8-20(17)30-3)14-6-4-5-7-18(14)31-19/h4-8,10-11H,9H2,1-3H3,(H,25,28)(H,26,29). The van der Waals surface area contributed by atoms with Crippen LogP contribution in [0.2, 0.25) is 0 Å². The Morgan fingerprint density at radius 3 is 2.77 bits per heavy atom. The number of para-hydroxylation sites is 1. The summed E-state index contributed by atoms with van der Waals surface area (Å²) in [6.45, 7) is 3.68. The van der Waals surface area contributed by atoms with Gasteiger partial charge in [-0.25, -0.2) is 9.50 Å². The SMILES string of the molecule is COc1cc2c(cc1NC(=O)Cc1c(C)nc3cc(=O)[nH]n3c1C)oc1ccccc12. The number of aromatic nitrogens is 3. The first-order chi connectivity index (χ1) is 14.9. The smallest absolute Gasteiger partial charge is 0.266 e. The van der Waals surface area contributed by atoms with Crippen LogP contribution in [0.15, 0.2) is 51.7 Å². The average Bonchev–Trinajstić information content (AvgIpc) is 3.29. The number of anilines is 1. The number of amides is 1. The van der Waals surface area contributed by atoms with Gasteiger partial charge in [0.05, 0.1) is 19.2 Å². The Bertz CT molecular complexity index is 1540. The highest BCUT2D eigenvalue weighted by Gasteiger charge is 2.17. The number of aryl methyl sites for hydroxylation is 2. The molecule has 3 heterocycles. The number of fused-ring (bicyclic) bond motifs is 4. The lowest BCUT2D eigenvalue weighted by atomic mass is 10.1. The number of carbonyl (C=O) groups excluding carboxylic acids is 1. The van der Waals surface area contributed by atoms with Gasteiger partial charge >= 0.3 is 0 Å². The van der Waals surface area contributed by atoms with Crippen LogP contribution >= 0.6 is 0 Å². The van der Waals surface area contributed by atoms with E-state index in [1.165, 1.54) is 6.07 Å². The molecule has 0 aliphatic rings. The number of H-pyrrole nitrogens is 1. The Balaban J connectivity index is 1.49. The molecule has 0 radical (unpaired) electrons. The quantitative estimate of drug-likeness (QED) is 0.465. The van der Waals surface area contributed by atoms with E-state index < -0.39 is 0 Å². The van der Waals surface area contributed by atoms with Crippen LogP contribution in [0.1, 0.15) is 17.0 Å². The molecule has 0 spiro atoms. The van der Waals surface area contributed by atoms with Crippen molar-refractivity contribution in [1.29, 1.82) is 0 Å². The van der Waals surface area contributed by atoms with Gasteiger partial charge in [0.15, 0.2) is 5.65 Å². The van der Waals surface area contributed by atoms with Gasteiger partial charge in [0, 0.05) is 39.9 Å². The summed E-state index contributed by atoms with van der Waals surface area (Å²) < 4.78 is 13.0. The molecule has 2 aromatic carbocycles. The topological polar surface area (TPSA) is 102 Å². The molecule has 0 bridgehead atoms. The van der Waals surface area contributed by atoms with Crippen molar-refractivity contribution < 1.29 is 13.9 Å². The third kappa shape index (κ3) is 3.13. The number of nitrogens with one attached hydrogen (secondary N) is 2. The molecule has 0 aliphatic carbocycles. The van der Waals surface area contributed by atoms with Crippen LogP contribution in [-0.2, 0) is 11.2 Å². The van der Waals surface area contributed by atoms with Crippen molar-refractivity contribution in [1.82, 2.24) is 14.6 Å². The van der Waals surface area contributed by atoms with Crippen molar-refractivity contribution in [3.8, 4) is 5.75 Å². The van der Waals surface area contributed by atoms with Crippen LogP contribution in [0.4, 0.5) is 5.69 Å². The van der Waals surface area contributed by atoms with Crippen molar-refractivity contribution in [2.24, 2.45) is 0 Å². The highest BCUT2D eigenvalue weighted by molar-refractivity contribution is 6.07. The zero-order valence-electron chi connectivity index (χ0n) is 17.3. The second kappa shape index (κ2) is 7.02. The largest absolute Gasteiger partial charge is 0.495 e. The molecule has 0 saturated heterocycles. The minimum Gasteiger partial charge on any atom is -0.495 e. The summed E-state index contributed by atoms with van der Waals surface area (Å²) in [5.41, 5.74) is 4.47. The Kier molecular flexibility index (Phi) is 4.28. The molecule has 156 valence electrons. The Morgan fingerprint density at radius 2 is 1.97 bits per heavy atom. The average molecular weight is 416 g/mol. The molecule has 5 aromatic rings. The predicted molar refractivity (Wildman–Crippen MR) is 118 cm³/mol. The van der Waals surface area contributed by atoms with Crippen molar-refractivity contribution in [3.63, 3.8) is 0 Å². The predicted octanol–water partition coefficient (Wildman–Crippen LogP) is 3.73. The highest BCUT2D eigenvalue weighted by atomic mass is 16.5.